The third-order valence-corrected chi connectivity index (χ3v) is 5.99. The van der Waals surface area contributed by atoms with Gasteiger partial charge in [-0.15, -0.1) is 0 Å². The number of halogens is 1. The van der Waals surface area contributed by atoms with Gasteiger partial charge in [-0.25, -0.2) is 9.97 Å². The second-order valence-corrected chi connectivity index (χ2v) is 8.66. The molecule has 0 amide bonds. The van der Waals surface area contributed by atoms with Crippen molar-refractivity contribution in [1.29, 1.82) is 0 Å². The molecule has 0 bridgehead atoms. The molecule has 6 heteroatoms. The fraction of sp³-hybridized carbons (Fsp3) is 0.400. The van der Waals surface area contributed by atoms with Gasteiger partial charge in [-0.05, 0) is 68.1 Å². The molecule has 1 aliphatic heterocycles. The zero-order chi connectivity index (χ0) is 21.6. The minimum absolute atomic E-state index is 0.331. The predicted octanol–water partition coefficient (Wildman–Crippen LogP) is 4.95. The summed E-state index contributed by atoms with van der Waals surface area (Å²) < 4.78 is 5.11. The van der Waals surface area contributed by atoms with E-state index in [0.29, 0.717) is 12.6 Å². The predicted molar refractivity (Wildman–Crippen MR) is 123 cm³/mol. The molecule has 1 aromatic carbocycles. The Kier molecular flexibility index (Phi) is 7.28. The molecule has 4 rings (SSSR count). The first kappa shape index (κ1) is 21.9. The lowest BCUT2D eigenvalue weighted by molar-refractivity contribution is 0.200. The molecule has 3 aromatic rings. The number of rotatable bonds is 8. The first-order valence-corrected chi connectivity index (χ1v) is 11.2. The molecule has 5 nitrogen and oxygen atoms in total. The number of pyridine rings is 1. The number of methoxy groups -OCH3 is 1. The molecular weight excluding hydrogens is 408 g/mol. The summed E-state index contributed by atoms with van der Waals surface area (Å²) in [4.78, 5) is 16.4. The molecule has 0 radical (unpaired) electrons. The molecular formula is C25H29ClN4O. The van der Waals surface area contributed by atoms with Crippen LogP contribution in [0.1, 0.15) is 52.8 Å². The van der Waals surface area contributed by atoms with Crippen LogP contribution in [0.25, 0.3) is 0 Å². The van der Waals surface area contributed by atoms with Gasteiger partial charge in [-0.2, -0.15) is 0 Å². The normalized spacial score (nSPS) is 16.7. The van der Waals surface area contributed by atoms with Crippen molar-refractivity contribution >= 4 is 11.6 Å². The lowest BCUT2D eigenvalue weighted by Crippen LogP contribution is -2.24. The van der Waals surface area contributed by atoms with Crippen LogP contribution in [0.4, 0.5) is 0 Å². The van der Waals surface area contributed by atoms with Crippen LogP contribution >= 0.6 is 11.6 Å². The summed E-state index contributed by atoms with van der Waals surface area (Å²) in [6.07, 6.45) is 7.83. The van der Waals surface area contributed by atoms with Crippen LogP contribution in [0, 0.1) is 6.92 Å². The van der Waals surface area contributed by atoms with Gasteiger partial charge in [0.15, 0.2) is 0 Å². The maximum atomic E-state index is 6.03. The third kappa shape index (κ3) is 5.88. The van der Waals surface area contributed by atoms with E-state index >= 15 is 0 Å². The minimum atomic E-state index is 0.331. The van der Waals surface area contributed by atoms with E-state index in [9.17, 15) is 0 Å². The molecule has 31 heavy (non-hydrogen) atoms. The summed E-state index contributed by atoms with van der Waals surface area (Å²) >= 11 is 6.03. The lowest BCUT2D eigenvalue weighted by Gasteiger charge is -2.24. The van der Waals surface area contributed by atoms with E-state index in [1.807, 2.05) is 24.5 Å². The van der Waals surface area contributed by atoms with E-state index in [0.717, 1.165) is 54.5 Å². The summed E-state index contributed by atoms with van der Waals surface area (Å²) in [5.41, 5.74) is 5.93. The molecule has 162 valence electrons. The number of hydrogen-bond donors (Lipinski definition) is 0. The van der Waals surface area contributed by atoms with Crippen LogP contribution < -0.4 is 0 Å². The second kappa shape index (κ2) is 10.3. The molecule has 3 heterocycles. The average molecular weight is 437 g/mol. The standard InChI is InChI=1S/C25H29ClN4O/c1-18-12-20(13-19-5-7-22(26)8-6-19)14-23(29-18)24-4-3-10-30(24)17-21-15-27-25(28-16-21)9-11-31-2/h5-8,12,14-16,24H,3-4,9-11,13,17H2,1-2H3/t24-/m1/s1. The smallest absolute Gasteiger partial charge is 0.130 e. The SMILES string of the molecule is COCCc1ncc(CN2CCC[C@@H]2c2cc(Cc3ccc(Cl)cc3)cc(C)n2)cn1. The van der Waals surface area contributed by atoms with E-state index in [1.54, 1.807) is 7.11 Å². The Balaban J connectivity index is 1.47. The van der Waals surface area contributed by atoms with Gasteiger partial charge in [0.1, 0.15) is 5.82 Å². The number of benzene rings is 1. The van der Waals surface area contributed by atoms with Crippen LogP contribution in [0.2, 0.25) is 5.02 Å². The molecule has 2 aromatic heterocycles. The quantitative estimate of drug-likeness (QED) is 0.500. The number of ether oxygens (including phenoxy) is 1. The Morgan fingerprint density at radius 2 is 1.84 bits per heavy atom. The minimum Gasteiger partial charge on any atom is -0.384 e. The number of aromatic nitrogens is 3. The topological polar surface area (TPSA) is 51.1 Å². The summed E-state index contributed by atoms with van der Waals surface area (Å²) in [6, 6.07) is 12.9. The van der Waals surface area contributed by atoms with Crippen LogP contribution in [0.15, 0.2) is 48.8 Å². The molecule has 1 fully saturated rings. The van der Waals surface area contributed by atoms with Crippen LogP contribution in [0.3, 0.4) is 0 Å². The van der Waals surface area contributed by atoms with Crippen molar-refractivity contribution in [2.75, 3.05) is 20.3 Å². The third-order valence-electron chi connectivity index (χ3n) is 5.73. The van der Waals surface area contributed by atoms with E-state index < -0.39 is 0 Å². The average Bonchev–Trinajstić information content (AvgIpc) is 3.23. The number of aryl methyl sites for hydroxylation is 1. The van der Waals surface area contributed by atoms with E-state index in [4.69, 9.17) is 21.3 Å². The summed E-state index contributed by atoms with van der Waals surface area (Å²) in [5.74, 6) is 0.829. The summed E-state index contributed by atoms with van der Waals surface area (Å²) in [7, 11) is 1.70. The molecule has 0 unspecified atom stereocenters. The Labute approximate surface area is 189 Å². The van der Waals surface area contributed by atoms with Gasteiger partial charge in [-0.1, -0.05) is 23.7 Å². The number of hydrogen-bond acceptors (Lipinski definition) is 5. The zero-order valence-corrected chi connectivity index (χ0v) is 19.0. The van der Waals surface area contributed by atoms with Crippen molar-refractivity contribution in [1.82, 2.24) is 19.9 Å². The Bertz CT molecular complexity index is 991. The number of likely N-dealkylation sites (tertiary alicyclic amines) is 1. The first-order valence-electron chi connectivity index (χ1n) is 10.9. The highest BCUT2D eigenvalue weighted by Crippen LogP contribution is 2.33. The van der Waals surface area contributed by atoms with Crippen molar-refractivity contribution in [2.45, 2.75) is 45.2 Å². The highest BCUT2D eigenvalue weighted by molar-refractivity contribution is 6.30. The van der Waals surface area contributed by atoms with Gasteiger partial charge in [-0.3, -0.25) is 9.88 Å². The highest BCUT2D eigenvalue weighted by atomic mass is 35.5. The monoisotopic (exact) mass is 436 g/mol. The maximum Gasteiger partial charge on any atom is 0.130 e. The molecule has 1 atom stereocenters. The fourth-order valence-electron chi connectivity index (χ4n) is 4.25. The van der Waals surface area contributed by atoms with Crippen molar-refractivity contribution in [3.8, 4) is 0 Å². The lowest BCUT2D eigenvalue weighted by atomic mass is 10.0. The van der Waals surface area contributed by atoms with Crippen molar-refractivity contribution in [3.05, 3.63) is 87.7 Å². The fourth-order valence-corrected chi connectivity index (χ4v) is 4.38. The number of nitrogens with zero attached hydrogens (tertiary/aromatic N) is 4. The van der Waals surface area contributed by atoms with Gasteiger partial charge in [0.2, 0.25) is 0 Å². The van der Waals surface area contributed by atoms with Crippen molar-refractivity contribution < 1.29 is 4.74 Å². The van der Waals surface area contributed by atoms with Gasteiger partial charge in [0.05, 0.1) is 18.3 Å². The van der Waals surface area contributed by atoms with Crippen LogP contribution in [0.5, 0.6) is 0 Å². The highest BCUT2D eigenvalue weighted by Gasteiger charge is 2.27. The molecule has 1 saturated heterocycles. The molecule has 1 aliphatic rings. The van der Waals surface area contributed by atoms with Crippen LogP contribution in [-0.4, -0.2) is 40.1 Å². The van der Waals surface area contributed by atoms with Gasteiger partial charge in [0, 0.05) is 48.7 Å². The Morgan fingerprint density at radius 3 is 2.58 bits per heavy atom. The zero-order valence-electron chi connectivity index (χ0n) is 18.2. The van der Waals surface area contributed by atoms with Crippen molar-refractivity contribution in [2.24, 2.45) is 0 Å². The summed E-state index contributed by atoms with van der Waals surface area (Å²) in [6.45, 7) is 4.64. The van der Waals surface area contributed by atoms with Gasteiger partial charge >= 0.3 is 0 Å². The van der Waals surface area contributed by atoms with E-state index in [2.05, 4.69) is 46.1 Å². The van der Waals surface area contributed by atoms with E-state index in [-0.39, 0.29) is 0 Å². The Morgan fingerprint density at radius 1 is 1.06 bits per heavy atom. The molecule has 0 saturated carbocycles. The van der Waals surface area contributed by atoms with Gasteiger partial charge < -0.3 is 4.74 Å². The van der Waals surface area contributed by atoms with Gasteiger partial charge in [0.25, 0.3) is 0 Å². The largest absolute Gasteiger partial charge is 0.384 e. The van der Waals surface area contributed by atoms with Crippen molar-refractivity contribution in [3.63, 3.8) is 0 Å². The maximum absolute atomic E-state index is 6.03. The Hall–Kier alpha value is -2.34. The first-order chi connectivity index (χ1) is 15.1. The molecule has 0 aliphatic carbocycles. The van der Waals surface area contributed by atoms with Crippen LogP contribution in [-0.2, 0) is 24.1 Å². The van der Waals surface area contributed by atoms with E-state index in [1.165, 1.54) is 23.2 Å². The second-order valence-electron chi connectivity index (χ2n) is 8.22. The summed E-state index contributed by atoms with van der Waals surface area (Å²) in [5, 5.41) is 0.771. The molecule has 0 spiro atoms. The molecule has 0 N–H and O–H groups in total.